The van der Waals surface area contributed by atoms with E-state index in [1.165, 1.54) is 16.9 Å². The average molecular weight is 300 g/mol. The molecule has 0 heterocycles. The number of hydrogen-bond donors (Lipinski definition) is 2. The van der Waals surface area contributed by atoms with Gasteiger partial charge in [0.1, 0.15) is 0 Å². The lowest BCUT2D eigenvalue weighted by Gasteiger charge is -2.18. The second kappa shape index (κ2) is 8.24. The Balaban J connectivity index is 2.63. The molecule has 20 heavy (non-hydrogen) atoms. The maximum Gasteiger partial charge on any atom is 0.301 e. The van der Waals surface area contributed by atoms with Gasteiger partial charge in [-0.05, 0) is 37.0 Å². The highest BCUT2D eigenvalue weighted by molar-refractivity contribution is 7.90. The van der Waals surface area contributed by atoms with Crippen LogP contribution in [0.25, 0.3) is 0 Å². The minimum absolute atomic E-state index is 0.0218. The van der Waals surface area contributed by atoms with Crippen molar-refractivity contribution in [3.63, 3.8) is 0 Å². The summed E-state index contributed by atoms with van der Waals surface area (Å²) < 4.78 is 27.7. The van der Waals surface area contributed by atoms with Gasteiger partial charge in [0.25, 0.3) is 0 Å². The number of hydrogen-bond acceptors (Lipinski definition) is 3. The zero-order chi connectivity index (χ0) is 15.0. The van der Waals surface area contributed by atoms with Crippen molar-refractivity contribution in [1.29, 1.82) is 0 Å². The quantitative estimate of drug-likeness (QED) is 0.733. The van der Waals surface area contributed by atoms with Crippen molar-refractivity contribution in [2.24, 2.45) is 0 Å². The first kappa shape index (κ1) is 16.9. The van der Waals surface area contributed by atoms with Crippen molar-refractivity contribution in [2.75, 3.05) is 24.9 Å². The molecule has 0 fully saturated rings. The summed E-state index contributed by atoms with van der Waals surface area (Å²) in [6.07, 6.45) is 3.71. The third-order valence-corrected chi connectivity index (χ3v) is 4.56. The van der Waals surface area contributed by atoms with Gasteiger partial charge in [-0.1, -0.05) is 25.5 Å². The normalized spacial score (nSPS) is 11.8. The molecule has 5 nitrogen and oxygen atoms in total. The van der Waals surface area contributed by atoms with E-state index in [-0.39, 0.29) is 6.61 Å². The molecule has 0 unspecified atom stereocenters. The van der Waals surface area contributed by atoms with Crippen LogP contribution in [0.5, 0.6) is 0 Å². The number of rotatable bonds is 9. The van der Waals surface area contributed by atoms with E-state index in [4.69, 9.17) is 5.11 Å². The summed E-state index contributed by atoms with van der Waals surface area (Å²) in [5.41, 5.74) is 1.77. The van der Waals surface area contributed by atoms with E-state index in [1.807, 2.05) is 12.1 Å². The molecule has 1 aromatic carbocycles. The predicted octanol–water partition coefficient (Wildman–Crippen LogP) is 2.00. The number of aryl methyl sites for hydroxylation is 1. The van der Waals surface area contributed by atoms with E-state index in [0.717, 1.165) is 19.3 Å². The van der Waals surface area contributed by atoms with Crippen LogP contribution in [0.15, 0.2) is 24.3 Å². The summed E-state index contributed by atoms with van der Waals surface area (Å²) in [4.78, 5) is 0. The Hall–Kier alpha value is -1.11. The molecule has 1 rings (SSSR count). The summed E-state index contributed by atoms with van der Waals surface area (Å²) in [6, 6.07) is 7.45. The second-order valence-electron chi connectivity index (χ2n) is 4.81. The van der Waals surface area contributed by atoms with Crippen LogP contribution in [0, 0.1) is 0 Å². The lowest BCUT2D eigenvalue weighted by atomic mass is 10.1. The first-order valence-corrected chi connectivity index (χ1v) is 8.37. The van der Waals surface area contributed by atoms with Gasteiger partial charge >= 0.3 is 10.2 Å². The highest BCUT2D eigenvalue weighted by Gasteiger charge is 2.16. The average Bonchev–Trinajstić information content (AvgIpc) is 2.43. The van der Waals surface area contributed by atoms with Crippen LogP contribution in [-0.2, 0) is 16.6 Å². The van der Waals surface area contributed by atoms with E-state index < -0.39 is 10.2 Å². The number of unbranched alkanes of at least 4 members (excludes halogenated alkanes) is 1. The van der Waals surface area contributed by atoms with Gasteiger partial charge in [-0.3, -0.25) is 4.72 Å². The number of benzene rings is 1. The molecule has 0 aromatic heterocycles. The minimum Gasteiger partial charge on any atom is -0.396 e. The first-order chi connectivity index (χ1) is 9.49. The maximum absolute atomic E-state index is 12.0. The zero-order valence-corrected chi connectivity index (χ0v) is 13.0. The molecule has 0 saturated heterocycles. The van der Waals surface area contributed by atoms with Gasteiger partial charge in [-0.2, -0.15) is 12.7 Å². The lowest BCUT2D eigenvalue weighted by molar-refractivity contribution is 0.276. The smallest absolute Gasteiger partial charge is 0.301 e. The van der Waals surface area contributed by atoms with Gasteiger partial charge in [0.2, 0.25) is 0 Å². The fourth-order valence-corrected chi connectivity index (χ4v) is 2.72. The van der Waals surface area contributed by atoms with Gasteiger partial charge in [-0.25, -0.2) is 0 Å². The Morgan fingerprint density at radius 2 is 1.85 bits per heavy atom. The number of anilines is 1. The van der Waals surface area contributed by atoms with Crippen molar-refractivity contribution < 1.29 is 13.5 Å². The van der Waals surface area contributed by atoms with Crippen molar-refractivity contribution in [1.82, 2.24) is 4.31 Å². The van der Waals surface area contributed by atoms with E-state index in [1.54, 1.807) is 12.1 Å². The Kier molecular flexibility index (Phi) is 6.98. The van der Waals surface area contributed by atoms with E-state index >= 15 is 0 Å². The van der Waals surface area contributed by atoms with Crippen LogP contribution in [0.4, 0.5) is 5.69 Å². The number of aliphatic hydroxyl groups is 1. The van der Waals surface area contributed by atoms with Crippen molar-refractivity contribution in [2.45, 2.75) is 32.6 Å². The molecule has 0 spiro atoms. The molecule has 0 bridgehead atoms. The SMILES string of the molecule is CCCCc1ccc(NS(=O)(=O)N(C)CCCO)cc1. The Bertz CT molecular complexity index is 486. The largest absolute Gasteiger partial charge is 0.396 e. The molecule has 0 saturated carbocycles. The predicted molar refractivity (Wildman–Crippen MR) is 81.9 cm³/mol. The molecule has 2 N–H and O–H groups in total. The molecule has 0 atom stereocenters. The van der Waals surface area contributed by atoms with Gasteiger partial charge in [0, 0.05) is 25.9 Å². The molecule has 0 aliphatic heterocycles. The first-order valence-electron chi connectivity index (χ1n) is 6.93. The summed E-state index contributed by atoms with van der Waals surface area (Å²) >= 11 is 0. The highest BCUT2D eigenvalue weighted by atomic mass is 32.2. The van der Waals surface area contributed by atoms with Crippen LogP contribution in [0.3, 0.4) is 0 Å². The summed E-state index contributed by atoms with van der Waals surface area (Å²) in [6.45, 7) is 2.41. The molecule has 0 aliphatic carbocycles. The summed E-state index contributed by atoms with van der Waals surface area (Å²) in [7, 11) is -2.05. The Morgan fingerprint density at radius 3 is 2.40 bits per heavy atom. The third kappa shape index (κ3) is 5.48. The number of nitrogens with zero attached hydrogens (tertiary/aromatic N) is 1. The van der Waals surface area contributed by atoms with Gasteiger partial charge < -0.3 is 5.11 Å². The molecule has 6 heteroatoms. The topological polar surface area (TPSA) is 69.6 Å². The molecule has 0 amide bonds. The lowest BCUT2D eigenvalue weighted by Crippen LogP contribution is -2.33. The Labute approximate surface area is 121 Å². The molecular formula is C14H24N2O3S. The van der Waals surface area contributed by atoms with Crippen LogP contribution in [-0.4, -0.2) is 38.0 Å². The third-order valence-electron chi connectivity index (χ3n) is 3.06. The van der Waals surface area contributed by atoms with Crippen molar-refractivity contribution in [3.05, 3.63) is 29.8 Å². The minimum atomic E-state index is -3.54. The molecule has 1 aromatic rings. The zero-order valence-electron chi connectivity index (χ0n) is 12.2. The molecule has 114 valence electrons. The van der Waals surface area contributed by atoms with E-state index in [2.05, 4.69) is 11.6 Å². The molecule has 0 aliphatic rings. The maximum atomic E-state index is 12.0. The van der Waals surface area contributed by atoms with Crippen LogP contribution in [0.2, 0.25) is 0 Å². The molecule has 0 radical (unpaired) electrons. The van der Waals surface area contributed by atoms with Crippen LogP contribution in [0.1, 0.15) is 31.7 Å². The number of aliphatic hydroxyl groups excluding tert-OH is 1. The highest BCUT2D eigenvalue weighted by Crippen LogP contribution is 2.14. The van der Waals surface area contributed by atoms with E-state index in [9.17, 15) is 8.42 Å². The van der Waals surface area contributed by atoms with Gasteiger partial charge in [0.05, 0.1) is 0 Å². The summed E-state index contributed by atoms with van der Waals surface area (Å²) in [5.74, 6) is 0. The van der Waals surface area contributed by atoms with Crippen LogP contribution < -0.4 is 4.72 Å². The van der Waals surface area contributed by atoms with Gasteiger partial charge in [0.15, 0.2) is 0 Å². The fraction of sp³-hybridized carbons (Fsp3) is 0.571. The van der Waals surface area contributed by atoms with Crippen molar-refractivity contribution >= 4 is 15.9 Å². The van der Waals surface area contributed by atoms with E-state index in [0.29, 0.717) is 18.7 Å². The monoisotopic (exact) mass is 300 g/mol. The standard InChI is InChI=1S/C14H24N2O3S/c1-3-4-6-13-7-9-14(10-8-13)15-20(18,19)16(2)11-5-12-17/h7-10,15,17H,3-6,11-12H2,1-2H3. The summed E-state index contributed by atoms with van der Waals surface area (Å²) in [5, 5.41) is 8.73. The molecular weight excluding hydrogens is 276 g/mol. The van der Waals surface area contributed by atoms with Crippen molar-refractivity contribution in [3.8, 4) is 0 Å². The Morgan fingerprint density at radius 1 is 1.20 bits per heavy atom. The van der Waals surface area contributed by atoms with Crippen LogP contribution >= 0.6 is 0 Å². The number of nitrogens with one attached hydrogen (secondary N) is 1. The fourth-order valence-electron chi connectivity index (χ4n) is 1.76. The van der Waals surface area contributed by atoms with Gasteiger partial charge in [-0.15, -0.1) is 0 Å². The second-order valence-corrected chi connectivity index (χ2v) is 6.58.